The zero-order valence-corrected chi connectivity index (χ0v) is 30.8. The minimum Gasteiger partial charge on any atom is -0.508 e. The van der Waals surface area contributed by atoms with E-state index in [1.54, 1.807) is 0 Å². The second-order valence-corrected chi connectivity index (χ2v) is 17.0. The number of aliphatic hydroxyl groups excluding tert-OH is 2. The summed E-state index contributed by atoms with van der Waals surface area (Å²) in [5, 5.41) is 21.9. The molecule has 2 N–H and O–H groups in total. The van der Waals surface area contributed by atoms with Gasteiger partial charge in [0, 0.05) is 12.2 Å². The molecule has 0 saturated carbocycles. The molecule has 0 radical (unpaired) electrons. The molecule has 2 aliphatic rings. The van der Waals surface area contributed by atoms with E-state index in [9.17, 15) is 19.8 Å². The van der Waals surface area contributed by atoms with Gasteiger partial charge in [-0.25, -0.2) is 9.59 Å². The highest BCUT2D eigenvalue weighted by Crippen LogP contribution is 2.45. The lowest BCUT2D eigenvalue weighted by molar-refractivity contribution is -0.139. The highest BCUT2D eigenvalue weighted by molar-refractivity contribution is 5.82. The zero-order valence-electron chi connectivity index (χ0n) is 30.8. The number of allylic oxidation sites excluding steroid dienone is 8. The Morgan fingerprint density at radius 2 is 0.935 bits per heavy atom. The van der Waals surface area contributed by atoms with Crippen LogP contribution in [0.1, 0.15) is 122 Å². The molecule has 0 bridgehead atoms. The Morgan fingerprint density at radius 3 is 1.22 bits per heavy atom. The first kappa shape index (κ1) is 39.2. The van der Waals surface area contributed by atoms with Gasteiger partial charge < -0.3 is 19.7 Å². The topological polar surface area (TPSA) is 93.1 Å². The number of carbonyl (C=O) groups excluding carboxylic acids is 2. The van der Waals surface area contributed by atoms with Crippen molar-refractivity contribution in [1.82, 2.24) is 0 Å². The summed E-state index contributed by atoms with van der Waals surface area (Å²) in [5.74, 6) is 0.112. The molecule has 2 aliphatic carbocycles. The number of hydrogen-bond acceptors (Lipinski definition) is 6. The summed E-state index contributed by atoms with van der Waals surface area (Å²) < 4.78 is 10.8. The summed E-state index contributed by atoms with van der Waals surface area (Å²) in [6.45, 7) is 25.8. The molecule has 6 nitrogen and oxygen atoms in total. The highest BCUT2D eigenvalue weighted by Gasteiger charge is 2.34. The maximum Gasteiger partial charge on any atom is 0.330 e. The van der Waals surface area contributed by atoms with E-state index in [0.717, 1.165) is 48.0 Å². The SMILES string of the molecule is CC(C)(C)C1=CC(C=CC(=O)OCCCCCCOC(=O)C=CC2C=C(C(C)(C)C)C(O)=C(C(C)(C)C)C2)CC(C(C)(C)C)=C1O. The Morgan fingerprint density at radius 1 is 0.609 bits per heavy atom. The maximum absolute atomic E-state index is 12.4. The number of esters is 2. The summed E-state index contributed by atoms with van der Waals surface area (Å²) in [5.41, 5.74) is 3.11. The van der Waals surface area contributed by atoms with Gasteiger partial charge in [0.2, 0.25) is 0 Å². The lowest BCUT2D eigenvalue weighted by Gasteiger charge is -2.35. The van der Waals surface area contributed by atoms with E-state index < -0.39 is 0 Å². The predicted molar refractivity (Wildman–Crippen MR) is 188 cm³/mol. The molecule has 0 aromatic heterocycles. The first-order chi connectivity index (χ1) is 21.0. The van der Waals surface area contributed by atoms with Crippen LogP contribution < -0.4 is 0 Å². The Balaban J connectivity index is 1.73. The monoisotopic (exact) mass is 638 g/mol. The summed E-state index contributed by atoms with van der Waals surface area (Å²) in [4.78, 5) is 24.7. The normalized spacial score (nSPS) is 20.3. The predicted octanol–water partition coefficient (Wildman–Crippen LogP) is 10.4. The maximum atomic E-state index is 12.4. The van der Waals surface area contributed by atoms with E-state index in [2.05, 4.69) is 95.2 Å². The van der Waals surface area contributed by atoms with E-state index in [1.165, 1.54) is 12.2 Å². The van der Waals surface area contributed by atoms with Crippen LogP contribution in [0.5, 0.6) is 0 Å². The molecule has 0 aromatic rings. The Hall–Kier alpha value is -3.02. The van der Waals surface area contributed by atoms with Crippen molar-refractivity contribution in [3.05, 3.63) is 70.3 Å². The molecule has 0 fully saturated rings. The van der Waals surface area contributed by atoms with Gasteiger partial charge in [-0.15, -0.1) is 0 Å². The summed E-state index contributed by atoms with van der Waals surface area (Å²) >= 11 is 0. The molecule has 2 atom stereocenters. The van der Waals surface area contributed by atoms with Crippen molar-refractivity contribution in [3.63, 3.8) is 0 Å². The lowest BCUT2D eigenvalue weighted by atomic mass is 9.71. The van der Waals surface area contributed by atoms with Crippen LogP contribution in [0.25, 0.3) is 0 Å². The minimum absolute atomic E-state index is 0.0238. The van der Waals surface area contributed by atoms with E-state index in [-0.39, 0.29) is 45.4 Å². The van der Waals surface area contributed by atoms with Gasteiger partial charge >= 0.3 is 11.9 Å². The first-order valence-corrected chi connectivity index (χ1v) is 17.0. The van der Waals surface area contributed by atoms with Gasteiger partial charge in [-0.2, -0.15) is 0 Å². The molecular formula is C40H62O6. The van der Waals surface area contributed by atoms with Crippen LogP contribution in [0.4, 0.5) is 0 Å². The molecule has 2 rings (SSSR count). The molecule has 0 aromatic carbocycles. The smallest absolute Gasteiger partial charge is 0.330 e. The average molecular weight is 639 g/mol. The van der Waals surface area contributed by atoms with Gasteiger partial charge in [0.05, 0.1) is 13.2 Å². The Kier molecular flexibility index (Phi) is 13.4. The molecule has 0 saturated heterocycles. The largest absolute Gasteiger partial charge is 0.508 e. The molecule has 0 amide bonds. The van der Waals surface area contributed by atoms with Crippen molar-refractivity contribution in [2.75, 3.05) is 13.2 Å². The van der Waals surface area contributed by atoms with Crippen molar-refractivity contribution < 1.29 is 29.3 Å². The number of unbranched alkanes of at least 4 members (excludes halogenated alkanes) is 3. The molecule has 258 valence electrons. The van der Waals surface area contributed by atoms with Crippen molar-refractivity contribution in [2.24, 2.45) is 33.5 Å². The molecule has 46 heavy (non-hydrogen) atoms. The minimum atomic E-state index is -0.356. The van der Waals surface area contributed by atoms with Crippen LogP contribution in [0.2, 0.25) is 0 Å². The fourth-order valence-electron chi connectivity index (χ4n) is 5.88. The van der Waals surface area contributed by atoms with Crippen LogP contribution in [0, 0.1) is 33.5 Å². The van der Waals surface area contributed by atoms with Gasteiger partial charge in [0.15, 0.2) is 0 Å². The fourth-order valence-corrected chi connectivity index (χ4v) is 5.88. The molecule has 0 aliphatic heterocycles. The second-order valence-electron chi connectivity index (χ2n) is 17.0. The third-order valence-electron chi connectivity index (χ3n) is 8.64. The summed E-state index contributed by atoms with van der Waals surface area (Å²) in [6, 6.07) is 0. The van der Waals surface area contributed by atoms with Crippen LogP contribution in [-0.4, -0.2) is 35.4 Å². The molecule has 0 spiro atoms. The standard InChI is InChI=1S/C40H62O6/c1-37(2,3)29-23-27(24-30(35(29)43)38(4,5)6)17-19-33(41)45-21-15-13-14-16-22-46-34(42)20-18-28-25-31(39(7,8)9)36(44)32(26-28)40(10,11)12/h17-20,23,25,27-28,43-44H,13-16,21-22,24,26H2,1-12H3. The van der Waals surface area contributed by atoms with E-state index in [4.69, 9.17) is 9.47 Å². The highest BCUT2D eigenvalue weighted by atomic mass is 16.5. The Labute approximate surface area is 279 Å². The van der Waals surface area contributed by atoms with Gasteiger partial charge in [-0.3, -0.25) is 0 Å². The van der Waals surface area contributed by atoms with Crippen molar-refractivity contribution >= 4 is 11.9 Å². The zero-order chi connectivity index (χ0) is 35.1. The fraction of sp³-hybridized carbons (Fsp3) is 0.650. The van der Waals surface area contributed by atoms with Crippen LogP contribution in [0.3, 0.4) is 0 Å². The number of ether oxygens (including phenoxy) is 2. The molecule has 6 heteroatoms. The summed E-state index contributed by atoms with van der Waals surface area (Å²) in [7, 11) is 0. The number of hydrogen-bond donors (Lipinski definition) is 2. The first-order valence-electron chi connectivity index (χ1n) is 17.0. The third kappa shape index (κ3) is 12.0. The second kappa shape index (κ2) is 15.7. The van der Waals surface area contributed by atoms with Crippen LogP contribution in [-0.2, 0) is 19.1 Å². The lowest BCUT2D eigenvalue weighted by Crippen LogP contribution is -2.24. The van der Waals surface area contributed by atoms with E-state index in [0.29, 0.717) is 37.6 Å². The average Bonchev–Trinajstić information content (AvgIpc) is 2.90. The van der Waals surface area contributed by atoms with Crippen molar-refractivity contribution in [3.8, 4) is 0 Å². The third-order valence-corrected chi connectivity index (χ3v) is 8.64. The van der Waals surface area contributed by atoms with Crippen molar-refractivity contribution in [2.45, 2.75) is 122 Å². The van der Waals surface area contributed by atoms with Gasteiger partial charge in [0.25, 0.3) is 0 Å². The van der Waals surface area contributed by atoms with E-state index in [1.807, 2.05) is 12.2 Å². The Bertz CT molecular complexity index is 1170. The molecule has 0 heterocycles. The number of aliphatic hydroxyl groups is 2. The number of rotatable bonds is 11. The molecule has 2 unspecified atom stereocenters. The van der Waals surface area contributed by atoms with Crippen LogP contribution >= 0.6 is 0 Å². The number of carbonyl (C=O) groups is 2. The van der Waals surface area contributed by atoms with Gasteiger partial charge in [0.1, 0.15) is 11.5 Å². The van der Waals surface area contributed by atoms with Gasteiger partial charge in [-0.1, -0.05) is 107 Å². The van der Waals surface area contributed by atoms with Crippen LogP contribution in [0.15, 0.2) is 70.3 Å². The van der Waals surface area contributed by atoms with Gasteiger partial charge in [-0.05, 0) is 94.3 Å². The summed E-state index contributed by atoms with van der Waals surface area (Å²) in [6.07, 6.45) is 15.5. The quantitative estimate of drug-likeness (QED) is 0.133. The van der Waals surface area contributed by atoms with E-state index >= 15 is 0 Å². The molecular weight excluding hydrogens is 576 g/mol. The van der Waals surface area contributed by atoms with Crippen molar-refractivity contribution in [1.29, 1.82) is 0 Å².